The van der Waals surface area contributed by atoms with Crippen LogP contribution in [0.15, 0.2) is 36.7 Å². The maximum atomic E-state index is 13.2. The zero-order valence-corrected chi connectivity index (χ0v) is 19.0. The Kier molecular flexibility index (Phi) is 6.16. The van der Waals surface area contributed by atoms with Gasteiger partial charge in [-0.1, -0.05) is 24.3 Å². The molecule has 0 atom stereocenters. The molecule has 7 nitrogen and oxygen atoms in total. The molecule has 0 saturated carbocycles. The number of aromatic nitrogens is 6. The summed E-state index contributed by atoms with van der Waals surface area (Å²) in [5, 5.41) is 8.10. The summed E-state index contributed by atoms with van der Waals surface area (Å²) in [6.45, 7) is 2.03. The molecule has 0 fully saturated rings. The van der Waals surface area contributed by atoms with E-state index in [1.807, 2.05) is 0 Å². The lowest BCUT2D eigenvalue weighted by Crippen LogP contribution is -2.30. The molecule has 1 aromatic carbocycles. The minimum Gasteiger partial charge on any atom is -0.328 e. The quantitative estimate of drug-likeness (QED) is 0.283. The first-order valence-electron chi connectivity index (χ1n) is 10.2. The molecule has 0 aliphatic rings. The topological polar surface area (TPSA) is 77.3 Å². The van der Waals surface area contributed by atoms with E-state index in [-0.39, 0.29) is 34.9 Å². The molecule has 35 heavy (non-hydrogen) atoms. The number of benzene rings is 1. The summed E-state index contributed by atoms with van der Waals surface area (Å²) in [6, 6.07) is 6.06. The highest BCUT2D eigenvalue weighted by Gasteiger charge is 2.35. The molecule has 4 aromatic rings. The first-order chi connectivity index (χ1) is 16.2. The van der Waals surface area contributed by atoms with Crippen LogP contribution >= 0.6 is 11.6 Å². The molecule has 0 unspecified atom stereocenters. The maximum Gasteiger partial charge on any atom is 0.434 e. The molecule has 0 saturated heterocycles. The number of halogens is 7. The Morgan fingerprint density at radius 3 is 2.23 bits per heavy atom. The van der Waals surface area contributed by atoms with Gasteiger partial charge in [-0.3, -0.25) is 14.5 Å². The predicted molar refractivity (Wildman–Crippen MR) is 115 cm³/mol. The van der Waals surface area contributed by atoms with Crippen LogP contribution in [0.5, 0.6) is 0 Å². The standard InChI is InChI=1S/C21H18ClF6N7/c1-11(2)33-9-15(21(26,27)28)31-16(33)13-5-3-12(4-6-13)8-34-17-14(7-30-18(22)32-17)35(19(34)29)10-20(23,24)25/h3-7,9,11,29H,8,10H2,1-2H3. The highest BCUT2D eigenvalue weighted by molar-refractivity contribution is 6.28. The average Bonchev–Trinajstić information content (AvgIpc) is 3.30. The summed E-state index contributed by atoms with van der Waals surface area (Å²) < 4.78 is 82.2. The van der Waals surface area contributed by atoms with E-state index >= 15 is 0 Å². The minimum atomic E-state index is -4.59. The fourth-order valence-corrected chi connectivity index (χ4v) is 3.79. The van der Waals surface area contributed by atoms with E-state index in [1.54, 1.807) is 38.1 Å². The van der Waals surface area contributed by atoms with E-state index in [9.17, 15) is 26.3 Å². The number of nitrogens with zero attached hydrogens (tertiary/aromatic N) is 6. The smallest absolute Gasteiger partial charge is 0.328 e. The van der Waals surface area contributed by atoms with Crippen LogP contribution in [0.4, 0.5) is 26.3 Å². The molecule has 0 amide bonds. The van der Waals surface area contributed by atoms with Gasteiger partial charge in [0.15, 0.2) is 11.3 Å². The lowest BCUT2D eigenvalue weighted by atomic mass is 10.1. The third-order valence-corrected chi connectivity index (χ3v) is 5.43. The van der Waals surface area contributed by atoms with Crippen molar-refractivity contribution in [2.24, 2.45) is 0 Å². The molecule has 0 aliphatic heterocycles. The van der Waals surface area contributed by atoms with Gasteiger partial charge < -0.3 is 4.57 Å². The highest BCUT2D eigenvalue weighted by Crippen LogP contribution is 2.32. The van der Waals surface area contributed by atoms with Crippen molar-refractivity contribution in [1.82, 2.24) is 28.7 Å². The van der Waals surface area contributed by atoms with E-state index in [4.69, 9.17) is 17.0 Å². The molecular formula is C21H18ClF6N7. The van der Waals surface area contributed by atoms with Crippen LogP contribution in [0.3, 0.4) is 0 Å². The van der Waals surface area contributed by atoms with Gasteiger partial charge in [-0.2, -0.15) is 31.3 Å². The average molecular weight is 518 g/mol. The van der Waals surface area contributed by atoms with Crippen molar-refractivity contribution in [3.05, 3.63) is 58.8 Å². The zero-order valence-electron chi connectivity index (χ0n) is 18.3. The van der Waals surface area contributed by atoms with Gasteiger partial charge in [-0.25, -0.2) is 9.97 Å². The van der Waals surface area contributed by atoms with E-state index in [0.29, 0.717) is 11.1 Å². The van der Waals surface area contributed by atoms with Crippen LogP contribution in [0.2, 0.25) is 5.28 Å². The molecule has 0 spiro atoms. The Labute approximate surface area is 199 Å². The Morgan fingerprint density at radius 1 is 1.00 bits per heavy atom. The van der Waals surface area contributed by atoms with Gasteiger partial charge in [-0.15, -0.1) is 0 Å². The minimum absolute atomic E-state index is 0.00742. The van der Waals surface area contributed by atoms with Crippen LogP contribution in [0, 0.1) is 5.41 Å². The number of hydrogen-bond acceptors (Lipinski definition) is 4. The van der Waals surface area contributed by atoms with Gasteiger partial charge in [-0.05, 0) is 31.0 Å². The van der Waals surface area contributed by atoms with E-state index < -0.39 is 30.2 Å². The number of hydrogen-bond donors (Lipinski definition) is 1. The zero-order chi connectivity index (χ0) is 25.7. The highest BCUT2D eigenvalue weighted by atomic mass is 35.5. The van der Waals surface area contributed by atoms with Crippen molar-refractivity contribution in [2.75, 3.05) is 0 Å². The molecule has 3 heterocycles. The molecule has 1 N–H and O–H groups in total. The van der Waals surface area contributed by atoms with Gasteiger partial charge in [0.25, 0.3) is 0 Å². The van der Waals surface area contributed by atoms with Gasteiger partial charge in [0.2, 0.25) is 10.9 Å². The lowest BCUT2D eigenvalue weighted by molar-refractivity contribution is -0.141. The van der Waals surface area contributed by atoms with Crippen molar-refractivity contribution in [3.8, 4) is 11.4 Å². The van der Waals surface area contributed by atoms with Gasteiger partial charge in [0, 0.05) is 17.8 Å². The summed E-state index contributed by atoms with van der Waals surface area (Å²) in [5.41, 5.74) is -0.414. The van der Waals surface area contributed by atoms with Gasteiger partial charge in [0.1, 0.15) is 17.9 Å². The summed E-state index contributed by atoms with van der Waals surface area (Å²) in [5.74, 6) is 0.133. The molecule has 0 radical (unpaired) electrons. The second kappa shape index (κ2) is 8.70. The van der Waals surface area contributed by atoms with Crippen molar-refractivity contribution in [3.63, 3.8) is 0 Å². The van der Waals surface area contributed by atoms with Gasteiger partial charge in [0.05, 0.1) is 12.7 Å². The fraction of sp³-hybridized carbons (Fsp3) is 0.333. The number of imidazole rings is 2. The molecule has 0 aliphatic carbocycles. The largest absolute Gasteiger partial charge is 0.434 e. The monoisotopic (exact) mass is 517 g/mol. The SMILES string of the molecule is CC(C)n1cc(C(F)(F)F)nc1-c1ccc(Cn2c(=N)n(CC(F)(F)F)c3cnc(Cl)nc32)cc1. The predicted octanol–water partition coefficient (Wildman–Crippen LogP) is 5.44. The van der Waals surface area contributed by atoms with E-state index in [2.05, 4.69) is 15.0 Å². The molecule has 0 bridgehead atoms. The molecule has 3 aromatic heterocycles. The lowest BCUT2D eigenvalue weighted by Gasteiger charge is -2.12. The van der Waals surface area contributed by atoms with Crippen molar-refractivity contribution in [2.45, 2.75) is 45.3 Å². The van der Waals surface area contributed by atoms with Crippen LogP contribution in [0.1, 0.15) is 31.1 Å². The first kappa shape index (κ1) is 24.8. The van der Waals surface area contributed by atoms with Crippen molar-refractivity contribution >= 4 is 22.8 Å². The van der Waals surface area contributed by atoms with E-state index in [0.717, 1.165) is 17.0 Å². The third-order valence-electron chi connectivity index (χ3n) is 5.25. The second-order valence-corrected chi connectivity index (χ2v) is 8.44. The number of fused-ring (bicyclic) bond motifs is 1. The number of alkyl halides is 6. The molecule has 14 heteroatoms. The summed E-state index contributed by atoms with van der Waals surface area (Å²) in [7, 11) is 0. The third kappa shape index (κ3) is 5.04. The normalized spacial score (nSPS) is 12.7. The Morgan fingerprint density at radius 2 is 1.66 bits per heavy atom. The second-order valence-electron chi connectivity index (χ2n) is 8.10. The van der Waals surface area contributed by atoms with Crippen molar-refractivity contribution in [1.29, 1.82) is 5.41 Å². The number of nitrogens with one attached hydrogen (secondary N) is 1. The summed E-state index contributed by atoms with van der Waals surface area (Å²) in [4.78, 5) is 11.5. The van der Waals surface area contributed by atoms with E-state index in [1.165, 1.54) is 9.13 Å². The van der Waals surface area contributed by atoms with Crippen LogP contribution in [0.25, 0.3) is 22.6 Å². The number of rotatable bonds is 5. The van der Waals surface area contributed by atoms with Crippen LogP contribution < -0.4 is 5.62 Å². The van der Waals surface area contributed by atoms with Crippen LogP contribution in [-0.4, -0.2) is 34.8 Å². The molecule has 186 valence electrons. The Bertz CT molecular complexity index is 1430. The van der Waals surface area contributed by atoms with Crippen LogP contribution in [-0.2, 0) is 19.3 Å². The Hall–Kier alpha value is -3.35. The fourth-order valence-electron chi connectivity index (χ4n) is 3.66. The first-order valence-corrected chi connectivity index (χ1v) is 10.6. The molecule has 4 rings (SSSR count). The van der Waals surface area contributed by atoms with Gasteiger partial charge >= 0.3 is 12.4 Å². The molecular weight excluding hydrogens is 500 g/mol. The van der Waals surface area contributed by atoms with Crippen molar-refractivity contribution < 1.29 is 26.3 Å². The summed E-state index contributed by atoms with van der Waals surface area (Å²) >= 11 is 5.83. The maximum absolute atomic E-state index is 13.2. The summed E-state index contributed by atoms with van der Waals surface area (Å²) in [6.07, 6.45) is -7.09. The Balaban J connectivity index is 1.72.